The van der Waals surface area contributed by atoms with Crippen molar-refractivity contribution in [2.45, 2.75) is 63.9 Å². The fraction of sp³-hybridized carbons (Fsp3) is 0.245. The Morgan fingerprint density at radius 1 is 0.682 bits per heavy atom. The number of nitrogens with zero attached hydrogens (tertiary/aromatic N) is 2. The van der Waals surface area contributed by atoms with E-state index in [1.165, 1.54) is 44.5 Å². The van der Waals surface area contributed by atoms with Crippen LogP contribution in [0.15, 0.2) is 128 Å². The summed E-state index contributed by atoms with van der Waals surface area (Å²) in [4.78, 5) is 16.9. The van der Waals surface area contributed by atoms with Crippen LogP contribution >= 0.6 is 0 Å². The average molecular weight is 942 g/mol. The maximum Gasteiger partial charge on any atom is 0.332 e. The van der Waals surface area contributed by atoms with Gasteiger partial charge in [0.05, 0.1) is 25.2 Å². The Labute approximate surface area is 385 Å². The van der Waals surface area contributed by atoms with Crippen molar-refractivity contribution >= 4 is 31.8 Å². The van der Waals surface area contributed by atoms with Gasteiger partial charge in [-0.1, -0.05) is 100 Å². The number of anilines is 1. The maximum atomic E-state index is 14.5. The molecule has 4 N–H and O–H groups in total. The third-order valence-electron chi connectivity index (χ3n) is 10.2. The highest BCUT2D eigenvalue weighted by molar-refractivity contribution is 7.90. The Morgan fingerprint density at radius 3 is 1.76 bits per heavy atom. The zero-order chi connectivity index (χ0) is 48.8. The van der Waals surface area contributed by atoms with Gasteiger partial charge in [0.2, 0.25) is 25.9 Å². The van der Waals surface area contributed by atoms with Crippen LogP contribution in [0.4, 0.5) is 19.3 Å². The summed E-state index contributed by atoms with van der Waals surface area (Å²) in [6.07, 6.45) is 3.19. The molecule has 1 heterocycles. The molecule has 0 aliphatic carbocycles. The molecule has 6 aromatic rings. The van der Waals surface area contributed by atoms with E-state index >= 15 is 0 Å². The quantitative estimate of drug-likeness (QED) is 0.0936. The van der Waals surface area contributed by atoms with Crippen molar-refractivity contribution < 1.29 is 44.6 Å². The summed E-state index contributed by atoms with van der Waals surface area (Å²) in [6.45, 7) is 10.6. The number of nitrogens with one attached hydrogen (secondary N) is 2. The van der Waals surface area contributed by atoms with Gasteiger partial charge in [-0.3, -0.25) is 0 Å². The monoisotopic (exact) mass is 941 g/mol. The van der Waals surface area contributed by atoms with Crippen LogP contribution in [0.25, 0.3) is 22.3 Å². The molecule has 0 bridgehead atoms. The van der Waals surface area contributed by atoms with Crippen molar-refractivity contribution in [1.29, 1.82) is 5.26 Å². The largest absolute Gasteiger partial charge is 0.497 e. The van der Waals surface area contributed by atoms with Gasteiger partial charge in [0, 0.05) is 29.0 Å². The number of carbonyl (C=O) groups excluding carboxylic acids is 1. The van der Waals surface area contributed by atoms with E-state index in [4.69, 9.17) is 24.6 Å². The van der Waals surface area contributed by atoms with Crippen LogP contribution in [0.3, 0.4) is 0 Å². The van der Waals surface area contributed by atoms with Gasteiger partial charge < -0.3 is 19.5 Å². The second-order valence-corrected chi connectivity index (χ2v) is 19.3. The van der Waals surface area contributed by atoms with E-state index in [2.05, 4.69) is 15.0 Å². The van der Waals surface area contributed by atoms with E-state index in [0.29, 0.717) is 56.4 Å². The molecule has 6 rings (SSSR count). The fourth-order valence-corrected chi connectivity index (χ4v) is 8.06. The van der Waals surface area contributed by atoms with Gasteiger partial charge >= 0.3 is 6.03 Å². The third-order valence-corrected chi connectivity index (χ3v) is 13.1. The summed E-state index contributed by atoms with van der Waals surface area (Å²) in [5.74, 6) is 0.403. The second-order valence-electron chi connectivity index (χ2n) is 15.4. The number of nitriles is 1. The van der Waals surface area contributed by atoms with Crippen molar-refractivity contribution in [2.24, 2.45) is 5.14 Å². The molecule has 0 fully saturated rings. The molecule has 348 valence electrons. The molecular weight excluding hydrogens is 889 g/mol. The number of methoxy groups -OCH3 is 2. The predicted molar refractivity (Wildman–Crippen MR) is 253 cm³/mol. The highest BCUT2D eigenvalue weighted by Crippen LogP contribution is 2.39. The molecule has 1 aromatic heterocycles. The lowest BCUT2D eigenvalue weighted by Crippen LogP contribution is -2.37. The van der Waals surface area contributed by atoms with E-state index in [0.717, 1.165) is 11.1 Å². The number of pyridine rings is 1. The smallest absolute Gasteiger partial charge is 0.332 e. The first-order valence-electron chi connectivity index (χ1n) is 20.5. The summed E-state index contributed by atoms with van der Waals surface area (Å²) < 4.78 is 93.3. The number of benzene rings is 5. The van der Waals surface area contributed by atoms with Crippen LogP contribution < -0.4 is 29.4 Å². The van der Waals surface area contributed by atoms with Crippen LogP contribution in [-0.2, 0) is 20.0 Å². The Kier molecular flexibility index (Phi) is 18.3. The van der Waals surface area contributed by atoms with E-state index in [1.807, 2.05) is 45.9 Å². The number of primary sulfonamides is 1. The van der Waals surface area contributed by atoms with E-state index in [9.17, 15) is 30.4 Å². The molecule has 17 heteroatoms. The summed E-state index contributed by atoms with van der Waals surface area (Å²) in [5.41, 5.74) is 4.97. The zero-order valence-corrected chi connectivity index (χ0v) is 39.4. The molecule has 2 unspecified atom stereocenters. The molecule has 5 aromatic carbocycles. The van der Waals surface area contributed by atoms with E-state index in [-0.39, 0.29) is 17.7 Å². The first-order valence-corrected chi connectivity index (χ1v) is 23.7. The van der Waals surface area contributed by atoms with Crippen LogP contribution in [0.2, 0.25) is 0 Å². The molecule has 66 heavy (non-hydrogen) atoms. The molecule has 2 atom stereocenters. The van der Waals surface area contributed by atoms with Gasteiger partial charge in [0.25, 0.3) is 6.26 Å². The molecule has 0 radical (unpaired) electrons. The normalized spacial score (nSPS) is 12.0. The molecule has 0 spiro atoms. The Hall–Kier alpha value is -6.87. The molecule has 13 nitrogen and oxygen atoms in total. The summed E-state index contributed by atoms with van der Waals surface area (Å²) in [6, 6.07) is 32.4. The van der Waals surface area contributed by atoms with Crippen LogP contribution in [-0.4, -0.2) is 42.1 Å². The topological polar surface area (TPSA) is 200 Å². The van der Waals surface area contributed by atoms with Gasteiger partial charge in [-0.05, 0) is 96.0 Å². The summed E-state index contributed by atoms with van der Waals surface area (Å²) >= 11 is 0. The molecule has 0 saturated heterocycles. The van der Waals surface area contributed by atoms with Gasteiger partial charge in [0.1, 0.15) is 22.6 Å². The number of hydrogen-bond donors (Lipinski definition) is 3. The molecule has 2 amide bonds. The number of halogens is 2. The molecule has 0 saturated carbocycles. The summed E-state index contributed by atoms with van der Waals surface area (Å²) in [5, 5.41) is 14.9. The van der Waals surface area contributed by atoms with Crippen molar-refractivity contribution in [3.8, 4) is 45.9 Å². The molecular formula is C49H53F2N5O8S2. The first-order chi connectivity index (χ1) is 31.2. The number of sulfonamides is 2. The number of amides is 2. The Morgan fingerprint density at radius 2 is 1.23 bits per heavy atom. The van der Waals surface area contributed by atoms with Crippen molar-refractivity contribution in [3.63, 3.8) is 0 Å². The number of carbonyl (C=O) groups is 1. The number of hydrogen-bond acceptors (Lipinski definition) is 10. The minimum Gasteiger partial charge on any atom is -0.497 e. The summed E-state index contributed by atoms with van der Waals surface area (Å²) in [7, 11) is -4.46. The highest BCUT2D eigenvalue weighted by Gasteiger charge is 2.26. The van der Waals surface area contributed by atoms with Crippen LogP contribution in [0.5, 0.6) is 17.4 Å². The van der Waals surface area contributed by atoms with Gasteiger partial charge in [0.15, 0.2) is 5.75 Å². The highest BCUT2D eigenvalue weighted by atomic mass is 32.2. The molecule has 0 aliphatic heterocycles. The van der Waals surface area contributed by atoms with Gasteiger partial charge in [-0.2, -0.15) is 0 Å². The zero-order valence-electron chi connectivity index (χ0n) is 37.7. The number of ether oxygens (including phenoxy) is 3. The number of nitrogens with two attached hydrogens (primary N) is 1. The Bertz CT molecular complexity index is 2860. The standard InChI is InChI=1S/C24H26FN3O4S.C17H16FNO2.C8H11NO2S/c1-15(2)20-13-19(25)14-21(18-10-11-26-22(12-18)32-4)23(20)27-24(29)28-33(30,31)16(3)17-8-6-5-7-9-17;1-11(2)15-8-13(18)9-16(17(15)21-10-19)12-5-4-6-14(7-12)20-3;1-7(12(9,10)11)8-5-3-2-4-6-8/h5-16H,1-4H3,(H2,27,28,29);4-9,11H,1-3H3;2-7H,1H3,(H2,9,10,11). The minimum atomic E-state index is -4.03. The lowest BCUT2D eigenvalue weighted by molar-refractivity contribution is 0.256. The average Bonchev–Trinajstić information content (AvgIpc) is 3.29. The second kappa shape index (κ2) is 23.4. The van der Waals surface area contributed by atoms with E-state index < -0.39 is 42.4 Å². The first kappa shape index (κ1) is 51.8. The SMILES string of the molecule is CC(c1ccccc1)S(N)(=O)=O.COc1cc(-c2cc(F)cc(C(C)C)c2NC(=O)NS(=O)(=O)C(C)c2ccccc2)ccn1.COc1cccc(-c2cc(F)cc(C(C)C)c2OC#N)c1. The van der Waals surface area contributed by atoms with Gasteiger partial charge in [-0.25, -0.2) is 45.3 Å². The van der Waals surface area contributed by atoms with E-state index in [1.54, 1.807) is 99.2 Å². The number of rotatable bonds is 13. The predicted octanol–water partition coefficient (Wildman–Crippen LogP) is 10.8. The Balaban J connectivity index is 0.000000244. The minimum absolute atomic E-state index is 0.0356. The van der Waals surface area contributed by atoms with Gasteiger partial charge in [-0.15, -0.1) is 5.26 Å². The van der Waals surface area contributed by atoms with Crippen molar-refractivity contribution in [1.82, 2.24) is 9.71 Å². The third kappa shape index (κ3) is 14.1. The number of urea groups is 1. The maximum absolute atomic E-state index is 14.5. The van der Waals surface area contributed by atoms with Crippen molar-refractivity contribution in [3.05, 3.63) is 161 Å². The lowest BCUT2D eigenvalue weighted by Gasteiger charge is -2.20. The molecule has 0 aliphatic rings. The fourth-order valence-electron chi connectivity index (χ4n) is 6.52. The number of aromatic nitrogens is 1. The van der Waals surface area contributed by atoms with Crippen molar-refractivity contribution in [2.75, 3.05) is 19.5 Å². The lowest BCUT2D eigenvalue weighted by atomic mass is 9.94. The van der Waals surface area contributed by atoms with Crippen LogP contribution in [0, 0.1) is 23.2 Å². The van der Waals surface area contributed by atoms with Crippen LogP contribution in [0.1, 0.15) is 86.1 Å².